The number of hydrogen-bond acceptors (Lipinski definition) is 6. The van der Waals surface area contributed by atoms with Crippen molar-refractivity contribution in [3.63, 3.8) is 0 Å². The van der Waals surface area contributed by atoms with E-state index in [0.717, 1.165) is 9.35 Å². The molecule has 8 nitrogen and oxygen atoms in total. The summed E-state index contributed by atoms with van der Waals surface area (Å²) in [7, 11) is 0. The Labute approximate surface area is 194 Å². The molecule has 10 heteroatoms. The number of thiophene rings is 1. The number of nitrogens with zero attached hydrogens (tertiary/aromatic N) is 2. The van der Waals surface area contributed by atoms with Crippen molar-refractivity contribution < 1.29 is 9.59 Å². The summed E-state index contributed by atoms with van der Waals surface area (Å²) < 4.78 is 0.909. The Morgan fingerprint density at radius 2 is 1.81 bits per heavy atom. The van der Waals surface area contributed by atoms with Crippen molar-refractivity contribution in [3.8, 4) is 0 Å². The lowest BCUT2D eigenvalue weighted by Gasteiger charge is -2.18. The van der Waals surface area contributed by atoms with Crippen molar-refractivity contribution in [3.05, 3.63) is 97.0 Å². The third-order valence-electron chi connectivity index (χ3n) is 4.53. The van der Waals surface area contributed by atoms with E-state index in [-0.39, 0.29) is 11.3 Å². The molecule has 160 valence electrons. The van der Waals surface area contributed by atoms with Crippen LogP contribution in [0.1, 0.15) is 27.0 Å². The maximum Gasteiger partial charge on any atom is 0.272 e. The zero-order valence-corrected chi connectivity index (χ0v) is 18.8. The van der Waals surface area contributed by atoms with Gasteiger partial charge < -0.3 is 5.32 Å². The molecule has 0 saturated heterocycles. The average Bonchev–Trinajstić information content (AvgIpc) is 3.23. The smallest absolute Gasteiger partial charge is 0.272 e. The molecule has 0 bridgehead atoms. The molecule has 2 heterocycles. The number of rotatable bonds is 6. The van der Waals surface area contributed by atoms with Gasteiger partial charge in [0.2, 0.25) is 0 Å². The molecule has 0 spiro atoms. The maximum atomic E-state index is 13.1. The monoisotopic (exact) mass is 509 g/mol. The normalized spacial score (nSPS) is 12.0. The lowest BCUT2D eigenvalue weighted by Crippen LogP contribution is -2.40. The number of fused-ring (bicyclic) bond motifs is 1. The van der Waals surface area contributed by atoms with Gasteiger partial charge in [0.1, 0.15) is 5.69 Å². The van der Waals surface area contributed by atoms with E-state index in [4.69, 9.17) is 0 Å². The van der Waals surface area contributed by atoms with Crippen LogP contribution >= 0.6 is 27.3 Å². The van der Waals surface area contributed by atoms with Gasteiger partial charge in [-0.2, -0.15) is 10.2 Å². The Bertz CT molecular complexity index is 1370. The fraction of sp³-hybridized carbons (Fsp3) is 0.0455. The second-order valence-electron chi connectivity index (χ2n) is 6.66. The summed E-state index contributed by atoms with van der Waals surface area (Å²) in [5, 5.41) is 15.9. The van der Waals surface area contributed by atoms with Gasteiger partial charge in [0.15, 0.2) is 6.04 Å². The minimum absolute atomic E-state index is 0.205. The zero-order valence-electron chi connectivity index (χ0n) is 16.4. The van der Waals surface area contributed by atoms with Gasteiger partial charge in [0.25, 0.3) is 17.4 Å². The van der Waals surface area contributed by atoms with Gasteiger partial charge in [0.05, 0.1) is 11.6 Å². The number of carbonyl (C=O) groups is 2. The van der Waals surface area contributed by atoms with Gasteiger partial charge in [-0.1, -0.05) is 36.4 Å². The van der Waals surface area contributed by atoms with Crippen molar-refractivity contribution in [2.45, 2.75) is 6.04 Å². The van der Waals surface area contributed by atoms with Crippen molar-refractivity contribution in [1.29, 1.82) is 0 Å². The summed E-state index contributed by atoms with van der Waals surface area (Å²) in [5.41, 5.74) is 2.65. The van der Waals surface area contributed by atoms with Gasteiger partial charge in [0, 0.05) is 25.7 Å². The minimum atomic E-state index is -1.20. The first-order valence-electron chi connectivity index (χ1n) is 9.43. The molecule has 32 heavy (non-hydrogen) atoms. The van der Waals surface area contributed by atoms with Crippen LogP contribution in [-0.2, 0) is 4.79 Å². The van der Waals surface area contributed by atoms with Crippen LogP contribution in [0.4, 0.5) is 0 Å². The molecule has 0 saturated carbocycles. The number of aromatic nitrogens is 2. The van der Waals surface area contributed by atoms with Crippen molar-refractivity contribution in [2.24, 2.45) is 5.10 Å². The van der Waals surface area contributed by atoms with E-state index in [1.54, 1.807) is 54.6 Å². The highest BCUT2D eigenvalue weighted by molar-refractivity contribution is 9.10. The molecule has 2 aromatic carbocycles. The van der Waals surface area contributed by atoms with Crippen LogP contribution in [0, 0.1) is 0 Å². The number of carbonyl (C=O) groups excluding carboxylic acids is 2. The largest absolute Gasteiger partial charge is 0.335 e. The van der Waals surface area contributed by atoms with Crippen molar-refractivity contribution in [1.82, 2.24) is 20.9 Å². The van der Waals surface area contributed by atoms with Crippen LogP contribution in [0.5, 0.6) is 0 Å². The highest BCUT2D eigenvalue weighted by Gasteiger charge is 2.27. The van der Waals surface area contributed by atoms with Gasteiger partial charge in [-0.15, -0.1) is 11.3 Å². The van der Waals surface area contributed by atoms with E-state index in [9.17, 15) is 14.4 Å². The predicted molar refractivity (Wildman–Crippen MR) is 127 cm³/mol. The Kier molecular flexibility index (Phi) is 6.52. The highest BCUT2D eigenvalue weighted by atomic mass is 79.9. The van der Waals surface area contributed by atoms with E-state index in [2.05, 4.69) is 42.0 Å². The van der Waals surface area contributed by atoms with Gasteiger partial charge >= 0.3 is 0 Å². The van der Waals surface area contributed by atoms with E-state index in [1.165, 1.54) is 17.6 Å². The molecular weight excluding hydrogens is 494 g/mol. The number of nitrogens with one attached hydrogen (secondary N) is 3. The Hall–Kier alpha value is -3.63. The molecule has 4 aromatic rings. The minimum Gasteiger partial charge on any atom is -0.335 e. The lowest BCUT2D eigenvalue weighted by atomic mass is 10.0. The van der Waals surface area contributed by atoms with E-state index in [0.29, 0.717) is 16.3 Å². The number of H-pyrrole nitrogens is 1. The van der Waals surface area contributed by atoms with Gasteiger partial charge in [-0.25, -0.2) is 10.5 Å². The molecule has 2 aromatic heterocycles. The number of aromatic amines is 1. The fourth-order valence-corrected chi connectivity index (χ4v) is 4.34. The maximum absolute atomic E-state index is 13.1. The second-order valence-corrected chi connectivity index (χ2v) is 8.52. The molecule has 4 rings (SSSR count). The molecule has 3 N–H and O–H groups in total. The Morgan fingerprint density at radius 1 is 1.09 bits per heavy atom. The number of amides is 2. The first-order chi connectivity index (χ1) is 15.5. The first kappa shape index (κ1) is 21.6. The molecule has 0 aliphatic rings. The zero-order chi connectivity index (χ0) is 22.5. The van der Waals surface area contributed by atoms with Crippen molar-refractivity contribution in [2.75, 3.05) is 0 Å². The summed E-state index contributed by atoms with van der Waals surface area (Å²) in [6.07, 6.45) is 1.50. The van der Waals surface area contributed by atoms with Crippen LogP contribution in [0.3, 0.4) is 0 Å². The lowest BCUT2D eigenvalue weighted by molar-refractivity contribution is -0.123. The third kappa shape index (κ3) is 4.82. The van der Waals surface area contributed by atoms with E-state index < -0.39 is 17.9 Å². The first-order valence-corrected chi connectivity index (χ1v) is 11.1. The van der Waals surface area contributed by atoms with Crippen LogP contribution in [-0.4, -0.2) is 28.2 Å². The number of halogens is 1. The molecule has 0 unspecified atom stereocenters. The standard InChI is InChI=1S/C22H16BrN5O3S/c23-14-10-15(32-12-14)11-24-27-22(31)19(25-20(29)13-6-2-1-3-7-13)18-16-8-4-5-9-17(16)21(30)28-26-18/h1-12,19H,(H,25,29)(H,27,31)(H,28,30)/b24-11-/t19-/m0/s1. The van der Waals surface area contributed by atoms with E-state index in [1.807, 2.05) is 11.4 Å². The molecule has 0 aliphatic heterocycles. The summed E-state index contributed by atoms with van der Waals surface area (Å²) in [5.74, 6) is -1.07. The number of hydrogen-bond donors (Lipinski definition) is 3. The third-order valence-corrected chi connectivity index (χ3v) is 6.15. The van der Waals surface area contributed by atoms with Gasteiger partial charge in [-0.3, -0.25) is 14.4 Å². The summed E-state index contributed by atoms with van der Waals surface area (Å²) >= 11 is 4.81. The summed E-state index contributed by atoms with van der Waals surface area (Å²) in [6, 6.07) is 15.9. The second kappa shape index (κ2) is 9.67. The molecule has 0 aliphatic carbocycles. The summed E-state index contributed by atoms with van der Waals surface area (Å²) in [4.78, 5) is 38.9. The molecule has 0 fully saturated rings. The number of benzene rings is 2. The number of hydrazone groups is 1. The van der Waals surface area contributed by atoms with Crippen LogP contribution in [0.2, 0.25) is 0 Å². The fourth-order valence-electron chi connectivity index (χ4n) is 3.04. The molecular formula is C22H16BrN5O3S. The van der Waals surface area contributed by atoms with E-state index >= 15 is 0 Å². The highest BCUT2D eigenvalue weighted by Crippen LogP contribution is 2.21. The molecule has 1 atom stereocenters. The van der Waals surface area contributed by atoms with Crippen molar-refractivity contribution >= 4 is 56.1 Å². The summed E-state index contributed by atoms with van der Waals surface area (Å²) in [6.45, 7) is 0. The molecule has 0 radical (unpaired) electrons. The predicted octanol–water partition coefficient (Wildman–Crippen LogP) is 3.37. The average molecular weight is 510 g/mol. The van der Waals surface area contributed by atoms with Gasteiger partial charge in [-0.05, 0) is 40.2 Å². The quantitative estimate of drug-likeness (QED) is 0.273. The Morgan fingerprint density at radius 3 is 2.53 bits per heavy atom. The molecule has 2 amide bonds. The Balaban J connectivity index is 1.67. The van der Waals surface area contributed by atoms with Crippen LogP contribution in [0.25, 0.3) is 10.8 Å². The topological polar surface area (TPSA) is 116 Å². The van der Waals surface area contributed by atoms with Crippen LogP contribution < -0.4 is 16.3 Å². The SMILES string of the molecule is O=C(N[C@H](C(=O)N/N=C\c1cc(Br)cs1)c1n[nH]c(=O)c2ccccc12)c1ccccc1. The van der Waals surface area contributed by atoms with Crippen LogP contribution in [0.15, 0.2) is 80.4 Å².